The van der Waals surface area contributed by atoms with Crippen molar-refractivity contribution in [1.82, 2.24) is 14.4 Å². The molecule has 0 unspecified atom stereocenters. The predicted octanol–water partition coefficient (Wildman–Crippen LogP) is 3.10. The zero-order chi connectivity index (χ0) is 13.2. The maximum Gasteiger partial charge on any atom is 0.138 e. The molecule has 96 valence electrons. The SMILES string of the molecule is NCc1c(Sc2ccc(Br)cn2)nc2ccccn12. The standard InChI is InChI=1S/C13H11BrN4S/c14-9-4-5-12(16-8-9)19-13-10(7-15)18-6-2-1-3-11(18)17-13/h1-6,8H,7,15H2. The van der Waals surface area contributed by atoms with E-state index in [9.17, 15) is 0 Å². The normalized spacial score (nSPS) is 11.1. The molecule has 0 saturated carbocycles. The van der Waals surface area contributed by atoms with Gasteiger partial charge in [-0.3, -0.25) is 0 Å². The second-order valence-electron chi connectivity index (χ2n) is 3.91. The highest BCUT2D eigenvalue weighted by atomic mass is 79.9. The lowest BCUT2D eigenvalue weighted by Gasteiger charge is -2.01. The Bertz CT molecular complexity index is 708. The molecule has 3 rings (SSSR count). The summed E-state index contributed by atoms with van der Waals surface area (Å²) in [6.45, 7) is 0.448. The van der Waals surface area contributed by atoms with E-state index in [0.29, 0.717) is 6.54 Å². The summed E-state index contributed by atoms with van der Waals surface area (Å²) in [5.74, 6) is 0. The lowest BCUT2D eigenvalue weighted by molar-refractivity contribution is 0.919. The zero-order valence-corrected chi connectivity index (χ0v) is 12.4. The number of pyridine rings is 2. The Morgan fingerprint density at radius 1 is 1.26 bits per heavy atom. The summed E-state index contributed by atoms with van der Waals surface area (Å²) in [5, 5.41) is 1.81. The van der Waals surface area contributed by atoms with E-state index in [1.54, 1.807) is 6.20 Å². The number of nitrogens with two attached hydrogens (primary N) is 1. The van der Waals surface area contributed by atoms with Gasteiger partial charge in [-0.25, -0.2) is 9.97 Å². The lowest BCUT2D eigenvalue weighted by atomic mass is 10.4. The van der Waals surface area contributed by atoms with Crippen molar-refractivity contribution in [3.8, 4) is 0 Å². The van der Waals surface area contributed by atoms with Crippen molar-refractivity contribution in [1.29, 1.82) is 0 Å². The van der Waals surface area contributed by atoms with Gasteiger partial charge in [0.25, 0.3) is 0 Å². The Morgan fingerprint density at radius 3 is 2.89 bits per heavy atom. The van der Waals surface area contributed by atoms with Gasteiger partial charge in [0.15, 0.2) is 0 Å². The highest BCUT2D eigenvalue weighted by Gasteiger charge is 2.12. The molecule has 3 heterocycles. The van der Waals surface area contributed by atoms with E-state index < -0.39 is 0 Å². The second kappa shape index (κ2) is 5.32. The van der Waals surface area contributed by atoms with Crippen LogP contribution in [0.15, 0.2) is 57.3 Å². The fourth-order valence-corrected chi connectivity index (χ4v) is 2.93. The van der Waals surface area contributed by atoms with Crippen LogP contribution in [-0.4, -0.2) is 14.4 Å². The van der Waals surface area contributed by atoms with Crippen molar-refractivity contribution in [3.63, 3.8) is 0 Å². The fourth-order valence-electron chi connectivity index (χ4n) is 1.81. The Labute approximate surface area is 123 Å². The monoisotopic (exact) mass is 334 g/mol. The van der Waals surface area contributed by atoms with Crippen LogP contribution in [0, 0.1) is 0 Å². The maximum atomic E-state index is 5.84. The topological polar surface area (TPSA) is 56.2 Å². The zero-order valence-electron chi connectivity index (χ0n) is 9.95. The molecular formula is C13H11BrN4S. The minimum absolute atomic E-state index is 0.448. The number of fused-ring (bicyclic) bond motifs is 1. The number of hydrogen-bond donors (Lipinski definition) is 1. The highest BCUT2D eigenvalue weighted by Crippen LogP contribution is 2.29. The van der Waals surface area contributed by atoms with Crippen LogP contribution in [0.1, 0.15) is 5.69 Å². The van der Waals surface area contributed by atoms with Crippen molar-refractivity contribution < 1.29 is 0 Å². The van der Waals surface area contributed by atoms with Crippen molar-refractivity contribution in [2.45, 2.75) is 16.6 Å². The van der Waals surface area contributed by atoms with Crippen LogP contribution >= 0.6 is 27.7 Å². The third-order valence-electron chi connectivity index (χ3n) is 2.69. The van der Waals surface area contributed by atoms with E-state index in [-0.39, 0.29) is 0 Å². The molecule has 3 aromatic rings. The van der Waals surface area contributed by atoms with E-state index >= 15 is 0 Å². The van der Waals surface area contributed by atoms with Crippen LogP contribution in [0.4, 0.5) is 0 Å². The first-order valence-corrected chi connectivity index (χ1v) is 7.34. The quantitative estimate of drug-likeness (QED) is 0.799. The summed E-state index contributed by atoms with van der Waals surface area (Å²) in [4.78, 5) is 8.94. The van der Waals surface area contributed by atoms with Gasteiger partial charge in [-0.2, -0.15) is 0 Å². The van der Waals surface area contributed by atoms with Crippen molar-refractivity contribution >= 4 is 33.3 Å². The molecule has 4 nitrogen and oxygen atoms in total. The molecule has 0 aliphatic rings. The number of halogens is 1. The van der Waals surface area contributed by atoms with Crippen LogP contribution in [0.5, 0.6) is 0 Å². The molecule has 0 bridgehead atoms. The molecule has 3 aromatic heterocycles. The van der Waals surface area contributed by atoms with Crippen LogP contribution in [0.3, 0.4) is 0 Å². The van der Waals surface area contributed by atoms with Crippen LogP contribution in [0.2, 0.25) is 0 Å². The average molecular weight is 335 g/mol. The van der Waals surface area contributed by atoms with E-state index in [1.807, 2.05) is 40.9 Å². The van der Waals surface area contributed by atoms with Gasteiger partial charge in [-0.15, -0.1) is 0 Å². The number of imidazole rings is 1. The molecule has 0 radical (unpaired) electrons. The first-order valence-electron chi connectivity index (χ1n) is 5.73. The molecule has 0 aromatic carbocycles. The van der Waals surface area contributed by atoms with Gasteiger partial charge in [-0.1, -0.05) is 6.07 Å². The Kier molecular flexibility index (Phi) is 3.54. The molecule has 19 heavy (non-hydrogen) atoms. The molecule has 0 spiro atoms. The molecule has 0 amide bonds. The van der Waals surface area contributed by atoms with Gasteiger partial charge in [0.05, 0.1) is 5.69 Å². The molecule has 0 aliphatic carbocycles. The molecule has 6 heteroatoms. The largest absolute Gasteiger partial charge is 0.325 e. The van der Waals surface area contributed by atoms with Crippen LogP contribution in [0.25, 0.3) is 5.65 Å². The summed E-state index contributed by atoms with van der Waals surface area (Å²) in [5.41, 5.74) is 7.75. The second-order valence-corrected chi connectivity index (χ2v) is 5.84. The summed E-state index contributed by atoms with van der Waals surface area (Å²) in [6, 6.07) is 9.83. The highest BCUT2D eigenvalue weighted by molar-refractivity contribution is 9.10. The van der Waals surface area contributed by atoms with Crippen molar-refractivity contribution in [2.24, 2.45) is 5.73 Å². The van der Waals surface area contributed by atoms with E-state index in [2.05, 4.69) is 25.9 Å². The summed E-state index contributed by atoms with van der Waals surface area (Å²) < 4.78 is 2.98. The summed E-state index contributed by atoms with van der Waals surface area (Å²) in [6.07, 6.45) is 3.75. The molecule has 0 fully saturated rings. The Hall–Kier alpha value is -1.37. The molecule has 0 aliphatic heterocycles. The van der Waals surface area contributed by atoms with Gasteiger partial charge in [0, 0.05) is 23.4 Å². The Morgan fingerprint density at radius 2 is 2.16 bits per heavy atom. The smallest absolute Gasteiger partial charge is 0.138 e. The minimum Gasteiger partial charge on any atom is -0.325 e. The fraction of sp³-hybridized carbons (Fsp3) is 0.0769. The average Bonchev–Trinajstić information content (AvgIpc) is 2.78. The minimum atomic E-state index is 0.448. The number of nitrogens with zero attached hydrogens (tertiary/aromatic N) is 3. The molecular weight excluding hydrogens is 324 g/mol. The number of hydrogen-bond acceptors (Lipinski definition) is 4. The number of rotatable bonds is 3. The number of aromatic nitrogens is 3. The van der Waals surface area contributed by atoms with Crippen molar-refractivity contribution in [2.75, 3.05) is 0 Å². The molecule has 0 atom stereocenters. The Balaban J connectivity index is 2.02. The van der Waals surface area contributed by atoms with Crippen LogP contribution in [-0.2, 0) is 6.54 Å². The van der Waals surface area contributed by atoms with Gasteiger partial charge in [-0.05, 0) is 52.0 Å². The summed E-state index contributed by atoms with van der Waals surface area (Å²) in [7, 11) is 0. The maximum absolute atomic E-state index is 5.84. The molecule has 2 N–H and O–H groups in total. The van der Waals surface area contributed by atoms with E-state index in [0.717, 1.165) is 25.9 Å². The van der Waals surface area contributed by atoms with Crippen molar-refractivity contribution in [3.05, 3.63) is 52.9 Å². The first-order chi connectivity index (χ1) is 9.28. The predicted molar refractivity (Wildman–Crippen MR) is 79.1 cm³/mol. The van der Waals surface area contributed by atoms with Gasteiger partial charge < -0.3 is 10.1 Å². The third-order valence-corrected chi connectivity index (χ3v) is 4.13. The van der Waals surface area contributed by atoms with Gasteiger partial charge in [0.1, 0.15) is 15.7 Å². The van der Waals surface area contributed by atoms with Gasteiger partial charge in [0.2, 0.25) is 0 Å². The third kappa shape index (κ3) is 2.51. The lowest BCUT2D eigenvalue weighted by Crippen LogP contribution is -2.01. The first kappa shape index (κ1) is 12.7. The van der Waals surface area contributed by atoms with E-state index in [4.69, 9.17) is 5.73 Å². The van der Waals surface area contributed by atoms with Gasteiger partial charge >= 0.3 is 0 Å². The summed E-state index contributed by atoms with van der Waals surface area (Å²) >= 11 is 4.90. The molecule has 0 saturated heterocycles. The van der Waals surface area contributed by atoms with E-state index in [1.165, 1.54) is 11.8 Å². The van der Waals surface area contributed by atoms with Crippen LogP contribution < -0.4 is 5.73 Å².